The molecule has 0 amide bonds. The van der Waals surface area contributed by atoms with Crippen LogP contribution in [-0.2, 0) is 0 Å². The number of piperidine rings is 1. The lowest BCUT2D eigenvalue weighted by Gasteiger charge is -2.37. The molecule has 2 atom stereocenters. The second-order valence-corrected chi connectivity index (χ2v) is 5.77. The van der Waals surface area contributed by atoms with Gasteiger partial charge in [0.15, 0.2) is 0 Å². The first kappa shape index (κ1) is 12.3. The van der Waals surface area contributed by atoms with E-state index in [-0.39, 0.29) is 0 Å². The third kappa shape index (κ3) is 2.41. The van der Waals surface area contributed by atoms with E-state index in [0.29, 0.717) is 0 Å². The molecule has 0 aliphatic carbocycles. The van der Waals surface area contributed by atoms with Crippen LogP contribution in [0.3, 0.4) is 0 Å². The van der Waals surface area contributed by atoms with Gasteiger partial charge in [0.05, 0.1) is 0 Å². The Labute approximate surface area is 105 Å². The molecule has 0 bridgehead atoms. The molecule has 0 saturated carbocycles. The lowest BCUT2D eigenvalue weighted by Crippen LogP contribution is -2.39. The Hall–Kier alpha value is -1.18. The largest absolute Gasteiger partial charge is 0.399 e. The van der Waals surface area contributed by atoms with Gasteiger partial charge in [-0.05, 0) is 55.4 Å². The fraction of sp³-hybridized carbons (Fsp3) is 0.600. The maximum absolute atomic E-state index is 5.96. The van der Waals surface area contributed by atoms with Gasteiger partial charge in [-0.3, -0.25) is 0 Å². The topological polar surface area (TPSA) is 29.3 Å². The second-order valence-electron chi connectivity index (χ2n) is 5.77. The van der Waals surface area contributed by atoms with Gasteiger partial charge in [0.2, 0.25) is 0 Å². The highest BCUT2D eigenvalue weighted by Crippen LogP contribution is 2.31. The van der Waals surface area contributed by atoms with Gasteiger partial charge in [-0.15, -0.1) is 0 Å². The number of rotatable bonds is 1. The summed E-state index contributed by atoms with van der Waals surface area (Å²) in [5.74, 6) is 1.58. The van der Waals surface area contributed by atoms with Gasteiger partial charge >= 0.3 is 0 Å². The van der Waals surface area contributed by atoms with Crippen molar-refractivity contribution in [2.24, 2.45) is 11.8 Å². The number of hydrogen-bond donors (Lipinski definition) is 1. The van der Waals surface area contributed by atoms with Crippen molar-refractivity contribution in [1.29, 1.82) is 0 Å². The fourth-order valence-corrected chi connectivity index (χ4v) is 3.03. The van der Waals surface area contributed by atoms with E-state index in [9.17, 15) is 0 Å². The van der Waals surface area contributed by atoms with Crippen molar-refractivity contribution in [3.63, 3.8) is 0 Å². The molecule has 2 nitrogen and oxygen atoms in total. The first-order chi connectivity index (χ1) is 7.99. The monoisotopic (exact) mass is 232 g/mol. The van der Waals surface area contributed by atoms with Crippen LogP contribution in [-0.4, -0.2) is 13.1 Å². The SMILES string of the molecule is Cc1c(N)ccc(N2CC(C)CC(C)C2)c1C. The highest BCUT2D eigenvalue weighted by atomic mass is 15.1. The predicted octanol–water partition coefficient (Wildman–Crippen LogP) is 3.37. The molecule has 2 N–H and O–H groups in total. The summed E-state index contributed by atoms with van der Waals surface area (Å²) in [6.07, 6.45) is 1.35. The van der Waals surface area contributed by atoms with Crippen molar-refractivity contribution in [3.05, 3.63) is 23.3 Å². The Morgan fingerprint density at radius 1 is 1.06 bits per heavy atom. The molecular formula is C15H24N2. The van der Waals surface area contributed by atoms with Crippen molar-refractivity contribution in [2.75, 3.05) is 23.7 Å². The van der Waals surface area contributed by atoms with Crippen molar-refractivity contribution in [2.45, 2.75) is 34.1 Å². The van der Waals surface area contributed by atoms with Crippen LogP contribution in [0.4, 0.5) is 11.4 Å². The molecule has 0 aromatic heterocycles. The van der Waals surface area contributed by atoms with E-state index in [2.05, 4.69) is 38.7 Å². The summed E-state index contributed by atoms with van der Waals surface area (Å²) < 4.78 is 0. The maximum Gasteiger partial charge on any atom is 0.0400 e. The van der Waals surface area contributed by atoms with Gasteiger partial charge in [-0.2, -0.15) is 0 Å². The first-order valence-corrected chi connectivity index (χ1v) is 6.59. The van der Waals surface area contributed by atoms with Gasteiger partial charge in [0.25, 0.3) is 0 Å². The van der Waals surface area contributed by atoms with E-state index in [4.69, 9.17) is 5.73 Å². The van der Waals surface area contributed by atoms with Gasteiger partial charge in [0.1, 0.15) is 0 Å². The number of nitrogen functional groups attached to an aromatic ring is 1. The Bertz CT molecular complexity index is 402. The number of nitrogens with two attached hydrogens (primary N) is 1. The van der Waals surface area contributed by atoms with Crippen LogP contribution in [0.2, 0.25) is 0 Å². The molecule has 2 heteroatoms. The summed E-state index contributed by atoms with van der Waals surface area (Å²) in [4.78, 5) is 2.53. The average molecular weight is 232 g/mol. The minimum absolute atomic E-state index is 0.788. The van der Waals surface area contributed by atoms with E-state index in [0.717, 1.165) is 17.5 Å². The quantitative estimate of drug-likeness (QED) is 0.752. The fourth-order valence-electron chi connectivity index (χ4n) is 3.03. The molecule has 17 heavy (non-hydrogen) atoms. The molecular weight excluding hydrogens is 208 g/mol. The van der Waals surface area contributed by atoms with E-state index < -0.39 is 0 Å². The molecule has 1 saturated heterocycles. The van der Waals surface area contributed by atoms with Gasteiger partial charge in [-0.1, -0.05) is 13.8 Å². The Balaban J connectivity index is 2.31. The maximum atomic E-state index is 5.96. The molecule has 2 rings (SSSR count). The minimum Gasteiger partial charge on any atom is -0.399 e. The zero-order valence-corrected chi connectivity index (χ0v) is 11.5. The van der Waals surface area contributed by atoms with Crippen molar-refractivity contribution in [3.8, 4) is 0 Å². The van der Waals surface area contributed by atoms with Crippen LogP contribution in [0.5, 0.6) is 0 Å². The number of nitrogens with zero attached hydrogens (tertiary/aromatic N) is 1. The van der Waals surface area contributed by atoms with E-state index in [1.165, 1.54) is 36.3 Å². The van der Waals surface area contributed by atoms with Crippen LogP contribution in [0.15, 0.2) is 12.1 Å². The molecule has 1 fully saturated rings. The summed E-state index contributed by atoms with van der Waals surface area (Å²) in [6.45, 7) is 11.4. The number of benzene rings is 1. The van der Waals surface area contributed by atoms with Gasteiger partial charge in [0, 0.05) is 24.5 Å². The molecule has 1 aromatic carbocycles. The molecule has 1 aliphatic heterocycles. The Kier molecular flexibility index (Phi) is 3.32. The number of anilines is 2. The van der Waals surface area contributed by atoms with Crippen LogP contribution in [0, 0.1) is 25.7 Å². The van der Waals surface area contributed by atoms with Gasteiger partial charge in [-0.25, -0.2) is 0 Å². The zero-order chi connectivity index (χ0) is 12.6. The summed E-state index contributed by atoms with van der Waals surface area (Å²) in [6, 6.07) is 4.23. The highest BCUT2D eigenvalue weighted by Gasteiger charge is 2.23. The molecule has 2 unspecified atom stereocenters. The number of hydrogen-bond acceptors (Lipinski definition) is 2. The predicted molar refractivity (Wildman–Crippen MR) is 75.5 cm³/mol. The first-order valence-electron chi connectivity index (χ1n) is 6.59. The lowest BCUT2D eigenvalue weighted by atomic mass is 9.91. The molecule has 1 aliphatic rings. The van der Waals surface area contributed by atoms with Crippen LogP contribution < -0.4 is 10.6 Å². The van der Waals surface area contributed by atoms with E-state index in [1.54, 1.807) is 0 Å². The third-order valence-electron chi connectivity index (χ3n) is 4.01. The zero-order valence-electron chi connectivity index (χ0n) is 11.5. The lowest BCUT2D eigenvalue weighted by molar-refractivity contribution is 0.356. The van der Waals surface area contributed by atoms with Crippen LogP contribution >= 0.6 is 0 Å². The summed E-state index contributed by atoms with van der Waals surface area (Å²) >= 11 is 0. The molecule has 94 valence electrons. The summed E-state index contributed by atoms with van der Waals surface area (Å²) in [5.41, 5.74) is 10.8. The third-order valence-corrected chi connectivity index (χ3v) is 4.01. The van der Waals surface area contributed by atoms with Crippen molar-refractivity contribution in [1.82, 2.24) is 0 Å². The Morgan fingerprint density at radius 2 is 1.65 bits per heavy atom. The molecule has 1 heterocycles. The van der Waals surface area contributed by atoms with Crippen LogP contribution in [0.25, 0.3) is 0 Å². The average Bonchev–Trinajstić information content (AvgIpc) is 2.24. The van der Waals surface area contributed by atoms with Crippen molar-refractivity contribution >= 4 is 11.4 Å². The second kappa shape index (κ2) is 4.59. The summed E-state index contributed by atoms with van der Waals surface area (Å²) in [7, 11) is 0. The molecule has 0 spiro atoms. The van der Waals surface area contributed by atoms with E-state index in [1.807, 2.05) is 6.07 Å². The standard InChI is InChI=1S/C15H24N2/c1-10-7-11(2)9-17(8-10)15-6-5-14(16)12(3)13(15)4/h5-6,10-11H,7-9,16H2,1-4H3. The minimum atomic E-state index is 0.788. The Morgan fingerprint density at radius 3 is 2.24 bits per heavy atom. The molecule has 0 radical (unpaired) electrons. The highest BCUT2D eigenvalue weighted by molar-refractivity contribution is 5.64. The van der Waals surface area contributed by atoms with Crippen LogP contribution in [0.1, 0.15) is 31.4 Å². The molecule has 1 aromatic rings. The van der Waals surface area contributed by atoms with Crippen molar-refractivity contribution < 1.29 is 0 Å². The summed E-state index contributed by atoms with van der Waals surface area (Å²) in [5, 5.41) is 0. The van der Waals surface area contributed by atoms with E-state index >= 15 is 0 Å². The normalized spacial score (nSPS) is 25.1. The smallest absolute Gasteiger partial charge is 0.0400 e. The van der Waals surface area contributed by atoms with Gasteiger partial charge < -0.3 is 10.6 Å².